The number of hydrogen-bond acceptors (Lipinski definition) is 3. The molecule has 2 rings (SSSR count). The summed E-state index contributed by atoms with van der Waals surface area (Å²) >= 11 is 0. The number of ether oxygens (including phenoxy) is 2. The van der Waals surface area contributed by atoms with Crippen molar-refractivity contribution in [1.29, 1.82) is 5.26 Å². The second kappa shape index (κ2) is 5.06. The quantitative estimate of drug-likeness (QED) is 0.716. The van der Waals surface area contributed by atoms with Gasteiger partial charge in [-0.15, -0.1) is 0 Å². The van der Waals surface area contributed by atoms with Crippen molar-refractivity contribution >= 4 is 0 Å². The molecular weight excluding hydrogens is 247 g/mol. The molecule has 0 amide bonds. The lowest BCUT2D eigenvalue weighted by atomic mass is 9.72. The zero-order valence-corrected chi connectivity index (χ0v) is 10.0. The first-order chi connectivity index (χ1) is 8.45. The van der Waals surface area contributed by atoms with Gasteiger partial charge in [-0.1, -0.05) is 0 Å². The zero-order valence-electron chi connectivity index (χ0n) is 10.0. The Morgan fingerprint density at radius 3 is 2.67 bits per heavy atom. The molecule has 102 valence electrons. The van der Waals surface area contributed by atoms with Crippen LogP contribution >= 0.6 is 0 Å². The molecule has 0 aromatic heterocycles. The fourth-order valence-electron chi connectivity index (χ4n) is 2.91. The van der Waals surface area contributed by atoms with Crippen molar-refractivity contribution in [3.05, 3.63) is 0 Å². The predicted molar refractivity (Wildman–Crippen MR) is 56.7 cm³/mol. The number of halogens is 3. The van der Waals surface area contributed by atoms with E-state index >= 15 is 0 Å². The molecule has 3 atom stereocenters. The SMILES string of the molecule is N#CC1(CCCOCC(F)(F)F)CC2CCC1O2. The van der Waals surface area contributed by atoms with Gasteiger partial charge in [0.15, 0.2) is 0 Å². The van der Waals surface area contributed by atoms with Crippen LogP contribution < -0.4 is 0 Å². The molecule has 2 heterocycles. The first kappa shape index (κ1) is 13.6. The Bertz CT molecular complexity index is 339. The molecule has 6 heteroatoms. The average Bonchev–Trinajstić information content (AvgIpc) is 2.87. The van der Waals surface area contributed by atoms with Gasteiger partial charge in [-0.2, -0.15) is 18.4 Å². The van der Waals surface area contributed by atoms with Gasteiger partial charge in [0, 0.05) is 6.61 Å². The smallest absolute Gasteiger partial charge is 0.373 e. The van der Waals surface area contributed by atoms with Crippen LogP contribution in [0.15, 0.2) is 0 Å². The Balaban J connectivity index is 1.71. The third-order valence-electron chi connectivity index (χ3n) is 3.72. The van der Waals surface area contributed by atoms with E-state index in [1.54, 1.807) is 0 Å². The maximum absolute atomic E-state index is 11.9. The minimum Gasteiger partial charge on any atom is -0.373 e. The van der Waals surface area contributed by atoms with E-state index in [-0.39, 0.29) is 18.8 Å². The summed E-state index contributed by atoms with van der Waals surface area (Å²) in [6, 6.07) is 2.31. The van der Waals surface area contributed by atoms with Crippen molar-refractivity contribution in [2.75, 3.05) is 13.2 Å². The average molecular weight is 263 g/mol. The van der Waals surface area contributed by atoms with Gasteiger partial charge in [-0.3, -0.25) is 0 Å². The first-order valence-corrected chi connectivity index (χ1v) is 6.16. The first-order valence-electron chi connectivity index (χ1n) is 6.16. The fourth-order valence-corrected chi connectivity index (χ4v) is 2.91. The van der Waals surface area contributed by atoms with Crippen LogP contribution in [-0.4, -0.2) is 31.6 Å². The summed E-state index contributed by atoms with van der Waals surface area (Å²) in [5, 5.41) is 9.27. The van der Waals surface area contributed by atoms with E-state index in [0.717, 1.165) is 12.8 Å². The van der Waals surface area contributed by atoms with E-state index in [0.29, 0.717) is 19.3 Å². The number of nitrogens with zero attached hydrogens (tertiary/aromatic N) is 1. The van der Waals surface area contributed by atoms with Crippen LogP contribution in [0.5, 0.6) is 0 Å². The van der Waals surface area contributed by atoms with Gasteiger partial charge in [-0.05, 0) is 32.1 Å². The van der Waals surface area contributed by atoms with E-state index in [1.807, 2.05) is 0 Å². The maximum Gasteiger partial charge on any atom is 0.411 e. The van der Waals surface area contributed by atoms with Crippen LogP contribution in [0.3, 0.4) is 0 Å². The lowest BCUT2D eigenvalue weighted by molar-refractivity contribution is -0.174. The summed E-state index contributed by atoms with van der Waals surface area (Å²) in [6.45, 7) is -1.17. The van der Waals surface area contributed by atoms with E-state index in [2.05, 4.69) is 10.8 Å². The predicted octanol–water partition coefficient (Wildman–Crippen LogP) is 2.81. The minimum absolute atomic E-state index is 0.0323. The summed E-state index contributed by atoms with van der Waals surface area (Å²) < 4.78 is 45.8. The summed E-state index contributed by atoms with van der Waals surface area (Å²) in [5.41, 5.74) is -0.496. The second-order valence-corrected chi connectivity index (χ2v) is 5.07. The molecule has 0 radical (unpaired) electrons. The summed E-state index contributed by atoms with van der Waals surface area (Å²) in [5.74, 6) is 0. The molecule has 2 saturated heterocycles. The minimum atomic E-state index is -4.28. The van der Waals surface area contributed by atoms with Gasteiger partial charge in [-0.25, -0.2) is 0 Å². The Kier molecular flexibility index (Phi) is 3.83. The largest absolute Gasteiger partial charge is 0.411 e. The lowest BCUT2D eigenvalue weighted by Crippen LogP contribution is -2.31. The Hall–Kier alpha value is -0.800. The highest BCUT2D eigenvalue weighted by atomic mass is 19.4. The highest BCUT2D eigenvalue weighted by molar-refractivity contribution is 5.12. The fraction of sp³-hybridized carbons (Fsp3) is 0.917. The molecule has 2 aliphatic heterocycles. The van der Waals surface area contributed by atoms with E-state index in [1.165, 1.54) is 0 Å². The van der Waals surface area contributed by atoms with Crippen LogP contribution in [0.2, 0.25) is 0 Å². The van der Waals surface area contributed by atoms with Crippen molar-refractivity contribution in [2.24, 2.45) is 5.41 Å². The van der Waals surface area contributed by atoms with Gasteiger partial charge >= 0.3 is 6.18 Å². The molecule has 0 aromatic carbocycles. The van der Waals surface area contributed by atoms with Crippen LogP contribution in [0.25, 0.3) is 0 Å². The number of rotatable bonds is 5. The van der Waals surface area contributed by atoms with Crippen LogP contribution in [0.4, 0.5) is 13.2 Å². The summed E-state index contributed by atoms with van der Waals surface area (Å²) in [6.07, 6.45) is -0.504. The molecule has 0 N–H and O–H groups in total. The molecule has 3 unspecified atom stereocenters. The van der Waals surface area contributed by atoms with Gasteiger partial charge in [0.25, 0.3) is 0 Å². The van der Waals surface area contributed by atoms with Crippen molar-refractivity contribution < 1.29 is 22.6 Å². The van der Waals surface area contributed by atoms with Crippen molar-refractivity contribution in [3.8, 4) is 6.07 Å². The molecule has 0 spiro atoms. The number of hydrogen-bond donors (Lipinski definition) is 0. The van der Waals surface area contributed by atoms with Crippen LogP contribution in [-0.2, 0) is 9.47 Å². The number of alkyl halides is 3. The highest BCUT2D eigenvalue weighted by Crippen LogP contribution is 2.49. The molecule has 18 heavy (non-hydrogen) atoms. The van der Waals surface area contributed by atoms with E-state index < -0.39 is 18.2 Å². The van der Waals surface area contributed by atoms with Crippen molar-refractivity contribution in [3.63, 3.8) is 0 Å². The van der Waals surface area contributed by atoms with Crippen LogP contribution in [0, 0.1) is 16.7 Å². The second-order valence-electron chi connectivity index (χ2n) is 5.07. The third-order valence-corrected chi connectivity index (χ3v) is 3.72. The lowest BCUT2D eigenvalue weighted by Gasteiger charge is -2.27. The molecule has 3 nitrogen and oxygen atoms in total. The van der Waals surface area contributed by atoms with Crippen molar-refractivity contribution in [1.82, 2.24) is 0 Å². The molecule has 0 aliphatic carbocycles. The molecule has 2 fully saturated rings. The monoisotopic (exact) mass is 263 g/mol. The topological polar surface area (TPSA) is 42.2 Å². The highest BCUT2D eigenvalue weighted by Gasteiger charge is 2.52. The standard InChI is InChI=1S/C12H16F3NO2/c13-12(14,15)8-17-5-1-4-11(7-16)6-9-2-3-10(11)18-9/h9-10H,1-6,8H2. The zero-order chi connectivity index (χ0) is 13.2. The van der Waals surface area contributed by atoms with Gasteiger partial charge in [0.1, 0.15) is 6.61 Å². The number of nitriles is 1. The third kappa shape index (κ3) is 2.96. The summed E-state index contributed by atoms with van der Waals surface area (Å²) in [4.78, 5) is 0. The maximum atomic E-state index is 11.9. The van der Waals surface area contributed by atoms with Gasteiger partial charge in [0.05, 0.1) is 23.7 Å². The van der Waals surface area contributed by atoms with E-state index in [9.17, 15) is 18.4 Å². The van der Waals surface area contributed by atoms with Crippen LogP contribution in [0.1, 0.15) is 32.1 Å². The normalized spacial score (nSPS) is 34.8. The number of fused-ring (bicyclic) bond motifs is 2. The van der Waals surface area contributed by atoms with Gasteiger partial charge < -0.3 is 9.47 Å². The molecule has 0 aromatic rings. The Morgan fingerprint density at radius 1 is 1.39 bits per heavy atom. The molecular formula is C12H16F3NO2. The summed E-state index contributed by atoms with van der Waals surface area (Å²) in [7, 11) is 0. The Labute approximate surface area is 104 Å². The van der Waals surface area contributed by atoms with Gasteiger partial charge in [0.2, 0.25) is 0 Å². The molecule has 2 bridgehead atoms. The molecule has 0 saturated carbocycles. The van der Waals surface area contributed by atoms with Crippen molar-refractivity contribution in [2.45, 2.75) is 50.5 Å². The Morgan fingerprint density at radius 2 is 2.17 bits per heavy atom. The van der Waals surface area contributed by atoms with E-state index in [4.69, 9.17) is 4.74 Å². The molecule has 2 aliphatic rings.